The zero-order valence-corrected chi connectivity index (χ0v) is 12.6. The van der Waals surface area contributed by atoms with Crippen LogP contribution in [0.4, 0.5) is 0 Å². The predicted molar refractivity (Wildman–Crippen MR) is 85.1 cm³/mol. The third kappa shape index (κ3) is 2.70. The standard InChI is InChI=1S/C17H24N4/c1-2-6-15-14(5-1)19-16(20-15)11-21-10-4-8-17(13-21)7-3-9-18-12-17/h1-2,5-6,18H,3-4,7-13H2,(H,19,20). The van der Waals surface area contributed by atoms with Crippen molar-refractivity contribution in [1.82, 2.24) is 20.2 Å². The van der Waals surface area contributed by atoms with Crippen LogP contribution in [-0.2, 0) is 6.54 Å². The van der Waals surface area contributed by atoms with Crippen molar-refractivity contribution < 1.29 is 0 Å². The van der Waals surface area contributed by atoms with E-state index >= 15 is 0 Å². The highest BCUT2D eigenvalue weighted by Crippen LogP contribution is 2.36. The maximum absolute atomic E-state index is 4.73. The zero-order chi connectivity index (χ0) is 14.1. The molecule has 1 unspecified atom stereocenters. The Hall–Kier alpha value is -1.39. The highest BCUT2D eigenvalue weighted by molar-refractivity contribution is 5.74. The van der Waals surface area contributed by atoms with E-state index in [1.165, 1.54) is 51.9 Å². The minimum Gasteiger partial charge on any atom is -0.341 e. The Morgan fingerprint density at radius 1 is 1.19 bits per heavy atom. The largest absolute Gasteiger partial charge is 0.341 e. The Morgan fingerprint density at radius 3 is 2.95 bits per heavy atom. The Balaban J connectivity index is 1.48. The molecule has 4 heteroatoms. The van der Waals surface area contributed by atoms with Gasteiger partial charge in [-0.1, -0.05) is 12.1 Å². The number of imidazole rings is 1. The van der Waals surface area contributed by atoms with Crippen molar-refractivity contribution in [3.05, 3.63) is 30.1 Å². The van der Waals surface area contributed by atoms with E-state index in [1.54, 1.807) is 0 Å². The normalized spacial score (nSPS) is 27.4. The lowest BCUT2D eigenvalue weighted by Crippen LogP contribution is -2.50. The number of nitrogens with zero attached hydrogens (tertiary/aromatic N) is 2. The molecule has 2 aromatic rings. The molecule has 1 aromatic carbocycles. The van der Waals surface area contributed by atoms with Crippen LogP contribution >= 0.6 is 0 Å². The van der Waals surface area contributed by atoms with Crippen LogP contribution in [0.2, 0.25) is 0 Å². The summed E-state index contributed by atoms with van der Waals surface area (Å²) in [4.78, 5) is 10.8. The predicted octanol–water partition coefficient (Wildman–Crippen LogP) is 2.53. The second-order valence-corrected chi connectivity index (χ2v) is 6.80. The second kappa shape index (κ2) is 5.43. The molecule has 1 atom stereocenters. The van der Waals surface area contributed by atoms with E-state index in [0.717, 1.165) is 23.4 Å². The number of piperidine rings is 2. The third-order valence-corrected chi connectivity index (χ3v) is 5.11. The summed E-state index contributed by atoms with van der Waals surface area (Å²) in [7, 11) is 0. The molecule has 0 amide bonds. The lowest BCUT2D eigenvalue weighted by Gasteiger charge is -2.45. The average Bonchev–Trinajstić information content (AvgIpc) is 2.90. The molecule has 0 bridgehead atoms. The quantitative estimate of drug-likeness (QED) is 0.890. The molecule has 2 saturated heterocycles. The molecule has 2 aliphatic rings. The summed E-state index contributed by atoms with van der Waals surface area (Å²) in [5.41, 5.74) is 2.75. The number of benzene rings is 1. The Labute approximate surface area is 125 Å². The van der Waals surface area contributed by atoms with E-state index in [1.807, 2.05) is 0 Å². The molecule has 21 heavy (non-hydrogen) atoms. The monoisotopic (exact) mass is 284 g/mol. The Morgan fingerprint density at radius 2 is 2.10 bits per heavy atom. The minimum absolute atomic E-state index is 0.516. The van der Waals surface area contributed by atoms with Gasteiger partial charge in [0.1, 0.15) is 5.82 Å². The van der Waals surface area contributed by atoms with Crippen molar-refractivity contribution in [2.75, 3.05) is 26.2 Å². The van der Waals surface area contributed by atoms with Gasteiger partial charge in [0.05, 0.1) is 17.6 Å². The molecule has 112 valence electrons. The first kappa shape index (κ1) is 13.3. The van der Waals surface area contributed by atoms with Crippen molar-refractivity contribution >= 4 is 11.0 Å². The topological polar surface area (TPSA) is 44.0 Å². The number of para-hydroxylation sites is 2. The van der Waals surface area contributed by atoms with Crippen LogP contribution in [0.1, 0.15) is 31.5 Å². The van der Waals surface area contributed by atoms with E-state index in [2.05, 4.69) is 39.5 Å². The molecule has 3 heterocycles. The van der Waals surface area contributed by atoms with Crippen molar-refractivity contribution in [1.29, 1.82) is 0 Å². The van der Waals surface area contributed by atoms with Gasteiger partial charge in [-0.15, -0.1) is 0 Å². The fraction of sp³-hybridized carbons (Fsp3) is 0.588. The van der Waals surface area contributed by atoms with Crippen LogP contribution in [0.15, 0.2) is 24.3 Å². The molecule has 2 fully saturated rings. The fourth-order valence-corrected chi connectivity index (χ4v) is 4.12. The first-order valence-electron chi connectivity index (χ1n) is 8.20. The highest BCUT2D eigenvalue weighted by atomic mass is 15.2. The van der Waals surface area contributed by atoms with Crippen molar-refractivity contribution in [3.63, 3.8) is 0 Å². The molecule has 0 radical (unpaired) electrons. The van der Waals surface area contributed by atoms with Crippen molar-refractivity contribution in [2.45, 2.75) is 32.2 Å². The van der Waals surface area contributed by atoms with E-state index in [0.29, 0.717) is 5.41 Å². The maximum atomic E-state index is 4.73. The number of hydrogen-bond acceptors (Lipinski definition) is 3. The second-order valence-electron chi connectivity index (χ2n) is 6.80. The highest BCUT2D eigenvalue weighted by Gasteiger charge is 2.36. The molecule has 1 aromatic heterocycles. The van der Waals surface area contributed by atoms with E-state index in [4.69, 9.17) is 4.98 Å². The summed E-state index contributed by atoms with van der Waals surface area (Å²) in [5.74, 6) is 1.11. The van der Waals surface area contributed by atoms with Crippen LogP contribution < -0.4 is 5.32 Å². The van der Waals surface area contributed by atoms with Crippen LogP contribution in [0.25, 0.3) is 11.0 Å². The SMILES string of the molecule is c1ccc2[nH]c(CN3CCCC4(CCCNC4)C3)nc2c1. The number of nitrogens with one attached hydrogen (secondary N) is 2. The molecule has 1 spiro atoms. The average molecular weight is 284 g/mol. The molecular weight excluding hydrogens is 260 g/mol. The van der Waals surface area contributed by atoms with Gasteiger partial charge in [-0.2, -0.15) is 0 Å². The number of hydrogen-bond donors (Lipinski definition) is 2. The smallest absolute Gasteiger partial charge is 0.121 e. The summed E-state index contributed by atoms with van der Waals surface area (Å²) in [6.45, 7) is 5.78. The Bertz CT molecular complexity index is 574. The van der Waals surface area contributed by atoms with E-state index in [-0.39, 0.29) is 0 Å². The van der Waals surface area contributed by atoms with Crippen LogP contribution in [-0.4, -0.2) is 41.0 Å². The first-order valence-corrected chi connectivity index (χ1v) is 8.20. The Kier molecular flexibility index (Phi) is 3.43. The van der Waals surface area contributed by atoms with Gasteiger partial charge in [0.15, 0.2) is 0 Å². The summed E-state index contributed by atoms with van der Waals surface area (Å²) < 4.78 is 0. The van der Waals surface area contributed by atoms with Gasteiger partial charge >= 0.3 is 0 Å². The third-order valence-electron chi connectivity index (χ3n) is 5.11. The molecule has 0 saturated carbocycles. The van der Waals surface area contributed by atoms with Crippen molar-refractivity contribution in [3.8, 4) is 0 Å². The number of rotatable bonds is 2. The summed E-state index contributed by atoms with van der Waals surface area (Å²) >= 11 is 0. The minimum atomic E-state index is 0.516. The van der Waals surface area contributed by atoms with Crippen LogP contribution in [0, 0.1) is 5.41 Å². The van der Waals surface area contributed by atoms with E-state index in [9.17, 15) is 0 Å². The maximum Gasteiger partial charge on any atom is 0.121 e. The van der Waals surface area contributed by atoms with Gasteiger partial charge in [0, 0.05) is 13.1 Å². The van der Waals surface area contributed by atoms with Gasteiger partial charge in [0.2, 0.25) is 0 Å². The number of H-pyrrole nitrogens is 1. The molecule has 4 nitrogen and oxygen atoms in total. The van der Waals surface area contributed by atoms with Gasteiger partial charge in [-0.25, -0.2) is 4.98 Å². The first-order chi connectivity index (χ1) is 10.3. The number of aromatic nitrogens is 2. The molecular formula is C17H24N4. The van der Waals surface area contributed by atoms with E-state index < -0.39 is 0 Å². The zero-order valence-electron chi connectivity index (χ0n) is 12.6. The van der Waals surface area contributed by atoms with Gasteiger partial charge in [0.25, 0.3) is 0 Å². The molecule has 4 rings (SSSR count). The van der Waals surface area contributed by atoms with Crippen LogP contribution in [0.5, 0.6) is 0 Å². The summed E-state index contributed by atoms with van der Waals surface area (Å²) in [5, 5.41) is 3.60. The lowest BCUT2D eigenvalue weighted by molar-refractivity contribution is 0.0587. The summed E-state index contributed by atoms with van der Waals surface area (Å²) in [6.07, 6.45) is 5.42. The fourth-order valence-electron chi connectivity index (χ4n) is 4.12. The van der Waals surface area contributed by atoms with Gasteiger partial charge in [-0.3, -0.25) is 4.90 Å². The number of fused-ring (bicyclic) bond motifs is 1. The molecule has 2 N–H and O–H groups in total. The van der Waals surface area contributed by atoms with Gasteiger partial charge in [-0.05, 0) is 56.3 Å². The summed E-state index contributed by atoms with van der Waals surface area (Å²) in [6, 6.07) is 8.30. The van der Waals surface area contributed by atoms with Gasteiger partial charge < -0.3 is 10.3 Å². The molecule has 0 aliphatic carbocycles. The van der Waals surface area contributed by atoms with Crippen LogP contribution in [0.3, 0.4) is 0 Å². The number of likely N-dealkylation sites (tertiary alicyclic amines) is 1. The van der Waals surface area contributed by atoms with Crippen molar-refractivity contribution in [2.24, 2.45) is 5.41 Å². The lowest BCUT2D eigenvalue weighted by atomic mass is 9.74. The molecule has 2 aliphatic heterocycles. The number of aromatic amines is 1.